The van der Waals surface area contributed by atoms with Crippen molar-refractivity contribution in [2.75, 3.05) is 0 Å². The Morgan fingerprint density at radius 3 is 3.09 bits per heavy atom. The third-order valence-corrected chi connectivity index (χ3v) is 1.85. The van der Waals surface area contributed by atoms with Crippen LogP contribution in [0, 0.1) is 5.82 Å². The number of hydrogen-bond acceptors (Lipinski definition) is 1. The Morgan fingerprint density at radius 1 is 1.36 bits per heavy atom. The summed E-state index contributed by atoms with van der Waals surface area (Å²) in [7, 11) is 0. The fourth-order valence-corrected chi connectivity index (χ4v) is 1.29. The Kier molecular flexibility index (Phi) is 1.46. The van der Waals surface area contributed by atoms with E-state index in [9.17, 15) is 4.39 Å². The molecule has 2 rings (SSSR count). The van der Waals surface area contributed by atoms with Crippen LogP contribution in [0.15, 0.2) is 23.2 Å². The van der Waals surface area contributed by atoms with Crippen LogP contribution in [-0.2, 0) is 6.42 Å². The van der Waals surface area contributed by atoms with Crippen molar-refractivity contribution in [3.05, 3.63) is 29.6 Å². The van der Waals surface area contributed by atoms with Gasteiger partial charge in [-0.05, 0) is 25.0 Å². The minimum Gasteiger partial charge on any atom is -0.261 e. The van der Waals surface area contributed by atoms with Crippen molar-refractivity contribution in [2.24, 2.45) is 4.99 Å². The molecule has 0 saturated heterocycles. The molecule has 0 aliphatic carbocycles. The van der Waals surface area contributed by atoms with Gasteiger partial charge in [0.2, 0.25) is 0 Å². The molecule has 0 aromatic heterocycles. The summed E-state index contributed by atoms with van der Waals surface area (Å²) in [6.07, 6.45) is 3.47. The molecule has 1 heterocycles. The molecule has 1 aromatic rings. The van der Waals surface area contributed by atoms with Gasteiger partial charge in [0.25, 0.3) is 0 Å². The van der Waals surface area contributed by atoms with E-state index < -0.39 is 0 Å². The third kappa shape index (κ3) is 1.04. The Labute approximate surface area is 64.6 Å². The number of benzene rings is 1. The van der Waals surface area contributed by atoms with Crippen LogP contribution in [0.2, 0.25) is 0 Å². The first kappa shape index (κ1) is 6.53. The van der Waals surface area contributed by atoms with Crippen molar-refractivity contribution in [3.8, 4) is 0 Å². The molecular formula is C9H8FN. The molecule has 0 N–H and O–H groups in total. The molecule has 2 heteroatoms. The predicted molar refractivity (Wildman–Crippen MR) is 42.9 cm³/mol. The lowest BCUT2D eigenvalue weighted by atomic mass is 10.1. The average molecular weight is 149 g/mol. The molecule has 0 atom stereocenters. The second kappa shape index (κ2) is 2.46. The topological polar surface area (TPSA) is 12.4 Å². The quantitative estimate of drug-likeness (QED) is 0.537. The van der Waals surface area contributed by atoms with Crippen molar-refractivity contribution in [3.63, 3.8) is 0 Å². The highest BCUT2D eigenvalue weighted by Gasteiger charge is 2.08. The van der Waals surface area contributed by atoms with Gasteiger partial charge in [-0.15, -0.1) is 0 Å². The molecule has 1 nitrogen and oxygen atoms in total. The van der Waals surface area contributed by atoms with Gasteiger partial charge in [-0.25, -0.2) is 4.39 Å². The number of aliphatic imine (C=N–C) groups is 1. The first-order chi connectivity index (χ1) is 5.38. The fraction of sp³-hybridized carbons (Fsp3) is 0.222. The minimum absolute atomic E-state index is 0.126. The molecule has 56 valence electrons. The van der Waals surface area contributed by atoms with E-state index >= 15 is 0 Å². The van der Waals surface area contributed by atoms with Gasteiger partial charge in [-0.1, -0.05) is 6.07 Å². The highest BCUT2D eigenvalue weighted by Crippen LogP contribution is 2.25. The molecule has 0 fully saturated rings. The Hall–Kier alpha value is -1.18. The lowest BCUT2D eigenvalue weighted by Gasteiger charge is -2.08. The van der Waals surface area contributed by atoms with Gasteiger partial charge in [0.15, 0.2) is 0 Å². The number of halogens is 1. The summed E-state index contributed by atoms with van der Waals surface area (Å²) >= 11 is 0. The maximum Gasteiger partial charge on any atom is 0.128 e. The molecular weight excluding hydrogens is 141 g/mol. The summed E-state index contributed by atoms with van der Waals surface area (Å²) < 4.78 is 13.0. The van der Waals surface area contributed by atoms with Crippen LogP contribution in [0.5, 0.6) is 0 Å². The van der Waals surface area contributed by atoms with Gasteiger partial charge in [-0.3, -0.25) is 4.99 Å². The number of rotatable bonds is 0. The van der Waals surface area contributed by atoms with E-state index in [1.54, 1.807) is 6.07 Å². The standard InChI is InChI=1S/C9H8FN/c10-8-4-1-5-9-7(8)3-2-6-11-9/h1,4-6H,2-3H2. The van der Waals surface area contributed by atoms with Crippen molar-refractivity contribution in [1.29, 1.82) is 0 Å². The molecule has 1 aliphatic rings. The summed E-state index contributed by atoms with van der Waals surface area (Å²) in [5.41, 5.74) is 1.55. The smallest absolute Gasteiger partial charge is 0.128 e. The molecule has 1 aliphatic heterocycles. The molecule has 0 spiro atoms. The van der Waals surface area contributed by atoms with Crippen LogP contribution in [0.3, 0.4) is 0 Å². The van der Waals surface area contributed by atoms with E-state index in [0.717, 1.165) is 24.1 Å². The molecule has 0 amide bonds. The minimum atomic E-state index is -0.126. The SMILES string of the molecule is Fc1cccc2c1CCC=N2. The molecule has 1 aromatic carbocycles. The van der Waals surface area contributed by atoms with Crippen LogP contribution < -0.4 is 0 Å². The lowest BCUT2D eigenvalue weighted by molar-refractivity contribution is 0.610. The maximum absolute atomic E-state index is 13.0. The van der Waals surface area contributed by atoms with E-state index in [1.807, 2.05) is 12.3 Å². The van der Waals surface area contributed by atoms with Crippen LogP contribution in [0.4, 0.5) is 10.1 Å². The summed E-state index contributed by atoms with van der Waals surface area (Å²) in [5, 5.41) is 0. The summed E-state index contributed by atoms with van der Waals surface area (Å²) in [6, 6.07) is 5.02. The second-order valence-electron chi connectivity index (χ2n) is 2.59. The van der Waals surface area contributed by atoms with Crippen LogP contribution in [0.25, 0.3) is 0 Å². The van der Waals surface area contributed by atoms with Crippen LogP contribution in [-0.4, -0.2) is 6.21 Å². The van der Waals surface area contributed by atoms with Crippen molar-refractivity contribution < 1.29 is 4.39 Å². The Morgan fingerprint density at radius 2 is 2.27 bits per heavy atom. The highest BCUT2D eigenvalue weighted by molar-refractivity contribution is 5.68. The zero-order valence-corrected chi connectivity index (χ0v) is 6.05. The van der Waals surface area contributed by atoms with E-state index in [2.05, 4.69) is 4.99 Å². The number of nitrogens with zero attached hydrogens (tertiary/aromatic N) is 1. The zero-order chi connectivity index (χ0) is 7.68. The molecule has 11 heavy (non-hydrogen) atoms. The molecule has 0 unspecified atom stereocenters. The highest BCUT2D eigenvalue weighted by atomic mass is 19.1. The normalized spacial score (nSPS) is 14.6. The number of fused-ring (bicyclic) bond motifs is 1. The third-order valence-electron chi connectivity index (χ3n) is 1.85. The molecule has 0 bridgehead atoms. The first-order valence-corrected chi connectivity index (χ1v) is 3.68. The molecule has 0 radical (unpaired) electrons. The van der Waals surface area contributed by atoms with Crippen molar-refractivity contribution in [2.45, 2.75) is 12.8 Å². The van der Waals surface area contributed by atoms with Crippen molar-refractivity contribution >= 4 is 11.9 Å². The summed E-state index contributed by atoms with van der Waals surface area (Å²) in [4.78, 5) is 4.09. The molecule has 0 saturated carbocycles. The van der Waals surface area contributed by atoms with Crippen LogP contribution >= 0.6 is 0 Å². The van der Waals surface area contributed by atoms with Gasteiger partial charge in [0, 0.05) is 11.8 Å². The van der Waals surface area contributed by atoms with Crippen LogP contribution in [0.1, 0.15) is 12.0 Å². The van der Waals surface area contributed by atoms with Gasteiger partial charge in [0.05, 0.1) is 5.69 Å². The van der Waals surface area contributed by atoms with E-state index in [0.29, 0.717) is 0 Å². The van der Waals surface area contributed by atoms with E-state index in [1.165, 1.54) is 6.07 Å². The van der Waals surface area contributed by atoms with E-state index in [-0.39, 0.29) is 5.82 Å². The average Bonchev–Trinajstić information content (AvgIpc) is 2.06. The first-order valence-electron chi connectivity index (χ1n) is 3.68. The van der Waals surface area contributed by atoms with Gasteiger partial charge < -0.3 is 0 Å². The largest absolute Gasteiger partial charge is 0.261 e. The lowest BCUT2D eigenvalue weighted by Crippen LogP contribution is -1.96. The van der Waals surface area contributed by atoms with Gasteiger partial charge >= 0.3 is 0 Å². The predicted octanol–water partition coefficient (Wildman–Crippen LogP) is 2.47. The monoisotopic (exact) mass is 149 g/mol. The second-order valence-corrected chi connectivity index (χ2v) is 2.59. The number of hydrogen-bond donors (Lipinski definition) is 0. The Balaban J connectivity index is 2.60. The Bertz CT molecular complexity index is 304. The summed E-state index contributed by atoms with van der Waals surface area (Å²) in [6.45, 7) is 0. The van der Waals surface area contributed by atoms with Gasteiger partial charge in [0.1, 0.15) is 5.82 Å². The zero-order valence-electron chi connectivity index (χ0n) is 6.05. The van der Waals surface area contributed by atoms with Crippen molar-refractivity contribution in [1.82, 2.24) is 0 Å². The summed E-state index contributed by atoms with van der Waals surface area (Å²) in [5.74, 6) is -0.126. The van der Waals surface area contributed by atoms with E-state index in [4.69, 9.17) is 0 Å². The maximum atomic E-state index is 13.0. The fourth-order valence-electron chi connectivity index (χ4n) is 1.29. The van der Waals surface area contributed by atoms with Gasteiger partial charge in [-0.2, -0.15) is 0 Å².